The van der Waals surface area contributed by atoms with E-state index in [2.05, 4.69) is 20.4 Å². The normalized spacial score (nSPS) is 18.7. The topological polar surface area (TPSA) is 73.1 Å². The lowest BCUT2D eigenvalue weighted by atomic mass is 9.77. The Morgan fingerprint density at radius 1 is 1.37 bits per heavy atom. The van der Waals surface area contributed by atoms with E-state index in [1.54, 1.807) is 11.7 Å². The molecule has 1 aliphatic heterocycles. The average Bonchev–Trinajstić information content (AvgIpc) is 2.78. The van der Waals surface area contributed by atoms with E-state index in [4.69, 9.17) is 4.74 Å². The molecule has 108 valence electrons. The molecule has 0 spiro atoms. The molecule has 1 aromatic rings. The van der Waals surface area contributed by atoms with Crippen molar-refractivity contribution in [1.82, 2.24) is 25.1 Å². The molecule has 2 heterocycles. The maximum atomic E-state index is 12.3. The van der Waals surface area contributed by atoms with Gasteiger partial charge in [0.25, 0.3) is 0 Å². The molecule has 0 atom stereocenters. The fourth-order valence-electron chi connectivity index (χ4n) is 2.42. The highest BCUT2D eigenvalue weighted by atomic mass is 35.5. The van der Waals surface area contributed by atoms with Crippen LogP contribution in [0.3, 0.4) is 0 Å². The molecule has 0 N–H and O–H groups in total. The Bertz CT molecular complexity index is 428. The predicted molar refractivity (Wildman–Crippen MR) is 71.1 cm³/mol. The van der Waals surface area contributed by atoms with Gasteiger partial charge in [-0.05, 0) is 50.3 Å². The fraction of sp³-hybridized carbons (Fsp3) is 0.818. The minimum Gasteiger partial charge on any atom is -0.465 e. The minimum atomic E-state index is -0.694. The van der Waals surface area contributed by atoms with Crippen LogP contribution in [0.15, 0.2) is 0 Å². The van der Waals surface area contributed by atoms with Crippen LogP contribution in [0.25, 0.3) is 0 Å². The summed E-state index contributed by atoms with van der Waals surface area (Å²) in [4.78, 5) is 14.5. The van der Waals surface area contributed by atoms with Crippen molar-refractivity contribution in [3.63, 3.8) is 0 Å². The molecule has 2 rings (SSSR count). The van der Waals surface area contributed by atoms with Gasteiger partial charge in [-0.3, -0.25) is 4.79 Å². The quantitative estimate of drug-likeness (QED) is 0.738. The predicted octanol–water partition coefficient (Wildman–Crippen LogP) is 0.158. The number of esters is 1. The number of hydrogen-bond acceptors (Lipinski definition) is 6. The average molecular weight is 290 g/mol. The van der Waals surface area contributed by atoms with E-state index < -0.39 is 5.41 Å². The number of piperidine rings is 1. The summed E-state index contributed by atoms with van der Waals surface area (Å²) < 4.78 is 6.80. The van der Waals surface area contributed by atoms with Crippen molar-refractivity contribution in [2.45, 2.75) is 25.2 Å². The summed E-state index contributed by atoms with van der Waals surface area (Å²) in [5, 5.41) is 11.5. The Labute approximate surface area is 118 Å². The summed E-state index contributed by atoms with van der Waals surface area (Å²) >= 11 is 0. The first kappa shape index (κ1) is 15.8. The van der Waals surface area contributed by atoms with Crippen LogP contribution in [0, 0.1) is 0 Å². The smallest absolute Gasteiger partial charge is 0.320 e. The Kier molecular flexibility index (Phi) is 5.25. The number of halogens is 1. The summed E-state index contributed by atoms with van der Waals surface area (Å²) in [5.74, 6) is 0.394. The lowest BCUT2D eigenvalue weighted by Gasteiger charge is -2.37. The van der Waals surface area contributed by atoms with Crippen LogP contribution in [0.4, 0.5) is 0 Å². The van der Waals surface area contributed by atoms with E-state index in [-0.39, 0.29) is 18.4 Å². The van der Waals surface area contributed by atoms with Crippen molar-refractivity contribution in [3.8, 4) is 0 Å². The van der Waals surface area contributed by atoms with Crippen LogP contribution >= 0.6 is 12.4 Å². The van der Waals surface area contributed by atoms with Gasteiger partial charge in [-0.15, -0.1) is 17.5 Å². The second-order valence-electron chi connectivity index (χ2n) is 4.73. The van der Waals surface area contributed by atoms with Crippen LogP contribution in [0.2, 0.25) is 0 Å². The number of carbonyl (C=O) groups is 1. The molecule has 0 amide bonds. The van der Waals surface area contributed by atoms with Gasteiger partial charge >= 0.3 is 5.97 Å². The molecule has 0 aromatic carbocycles. The zero-order valence-electron chi connectivity index (χ0n) is 11.5. The van der Waals surface area contributed by atoms with E-state index in [0.717, 1.165) is 13.1 Å². The molecule has 1 aromatic heterocycles. The van der Waals surface area contributed by atoms with E-state index in [1.807, 2.05) is 14.0 Å². The Morgan fingerprint density at radius 3 is 2.47 bits per heavy atom. The van der Waals surface area contributed by atoms with Gasteiger partial charge in [-0.1, -0.05) is 0 Å². The fourth-order valence-corrected chi connectivity index (χ4v) is 2.42. The molecule has 7 nitrogen and oxygen atoms in total. The first-order valence-corrected chi connectivity index (χ1v) is 6.19. The number of carbonyl (C=O) groups excluding carboxylic acids is 1. The lowest BCUT2D eigenvalue weighted by molar-refractivity contribution is -0.152. The summed E-state index contributed by atoms with van der Waals surface area (Å²) in [6.07, 6.45) is 1.38. The van der Waals surface area contributed by atoms with Crippen molar-refractivity contribution >= 4 is 18.4 Å². The molecule has 19 heavy (non-hydrogen) atoms. The van der Waals surface area contributed by atoms with Crippen LogP contribution in [-0.4, -0.2) is 57.8 Å². The van der Waals surface area contributed by atoms with Gasteiger partial charge in [0.1, 0.15) is 5.41 Å². The summed E-state index contributed by atoms with van der Waals surface area (Å²) in [6, 6.07) is 0. The third kappa shape index (κ3) is 2.87. The van der Waals surface area contributed by atoms with Crippen molar-refractivity contribution in [1.29, 1.82) is 0 Å². The minimum absolute atomic E-state index is 0. The highest BCUT2D eigenvalue weighted by Crippen LogP contribution is 2.34. The van der Waals surface area contributed by atoms with Gasteiger partial charge in [-0.25, -0.2) is 4.68 Å². The molecular weight excluding hydrogens is 270 g/mol. The van der Waals surface area contributed by atoms with E-state index in [1.165, 1.54) is 0 Å². The Morgan fingerprint density at radius 2 is 2.00 bits per heavy atom. The molecule has 0 bridgehead atoms. The van der Waals surface area contributed by atoms with Gasteiger partial charge < -0.3 is 9.64 Å². The zero-order chi connectivity index (χ0) is 13.2. The van der Waals surface area contributed by atoms with Gasteiger partial charge in [0.05, 0.1) is 6.61 Å². The third-order valence-corrected chi connectivity index (χ3v) is 3.55. The number of tetrazole rings is 1. The van der Waals surface area contributed by atoms with E-state index in [9.17, 15) is 4.79 Å². The number of rotatable bonds is 3. The van der Waals surface area contributed by atoms with Gasteiger partial charge in [0.15, 0.2) is 5.82 Å². The number of aryl methyl sites for hydroxylation is 1. The van der Waals surface area contributed by atoms with Crippen LogP contribution in [0.1, 0.15) is 25.6 Å². The van der Waals surface area contributed by atoms with Crippen molar-refractivity contribution in [2.75, 3.05) is 26.7 Å². The molecular formula is C11H20ClN5O2. The van der Waals surface area contributed by atoms with Crippen LogP contribution < -0.4 is 0 Å². The summed E-state index contributed by atoms with van der Waals surface area (Å²) in [7, 11) is 3.80. The van der Waals surface area contributed by atoms with Crippen molar-refractivity contribution in [3.05, 3.63) is 5.82 Å². The van der Waals surface area contributed by atoms with Gasteiger partial charge in [-0.2, -0.15) is 0 Å². The van der Waals surface area contributed by atoms with Crippen molar-refractivity contribution in [2.24, 2.45) is 7.05 Å². The number of hydrogen-bond donors (Lipinski definition) is 0. The Balaban J connectivity index is 0.00000180. The molecule has 1 aliphatic rings. The lowest BCUT2D eigenvalue weighted by Crippen LogP contribution is -2.48. The number of aromatic nitrogens is 4. The molecule has 0 unspecified atom stereocenters. The maximum absolute atomic E-state index is 12.3. The molecule has 1 fully saturated rings. The third-order valence-electron chi connectivity index (χ3n) is 3.55. The first-order chi connectivity index (χ1) is 8.60. The maximum Gasteiger partial charge on any atom is 0.320 e. The largest absolute Gasteiger partial charge is 0.465 e. The highest BCUT2D eigenvalue weighted by molar-refractivity contribution is 5.85. The summed E-state index contributed by atoms with van der Waals surface area (Å²) in [6.45, 7) is 3.87. The first-order valence-electron chi connectivity index (χ1n) is 6.19. The van der Waals surface area contributed by atoms with Gasteiger partial charge in [0, 0.05) is 7.05 Å². The Hall–Kier alpha value is -1.21. The monoisotopic (exact) mass is 289 g/mol. The SMILES string of the molecule is CCOC(=O)C1(c2nnnn2C)CCN(C)CC1.Cl. The zero-order valence-corrected chi connectivity index (χ0v) is 12.3. The van der Waals surface area contributed by atoms with E-state index >= 15 is 0 Å². The van der Waals surface area contributed by atoms with Crippen molar-refractivity contribution < 1.29 is 9.53 Å². The number of nitrogens with zero attached hydrogens (tertiary/aromatic N) is 5. The molecule has 0 radical (unpaired) electrons. The molecule has 0 aliphatic carbocycles. The summed E-state index contributed by atoms with van der Waals surface area (Å²) in [5.41, 5.74) is -0.694. The van der Waals surface area contributed by atoms with Crippen LogP contribution in [-0.2, 0) is 22.0 Å². The molecule has 0 saturated carbocycles. The molecule has 1 saturated heterocycles. The molecule has 8 heteroatoms. The second kappa shape index (κ2) is 6.29. The number of likely N-dealkylation sites (tertiary alicyclic amines) is 1. The standard InChI is InChI=1S/C11H19N5O2.ClH/c1-4-18-10(17)11(5-7-15(2)8-6-11)9-12-13-14-16(9)3;/h4-8H2,1-3H3;1H. The second-order valence-corrected chi connectivity index (χ2v) is 4.73. The van der Waals surface area contributed by atoms with E-state index in [0.29, 0.717) is 25.3 Å². The number of ether oxygens (including phenoxy) is 1. The highest BCUT2D eigenvalue weighted by Gasteiger charge is 2.47. The van der Waals surface area contributed by atoms with Gasteiger partial charge in [0.2, 0.25) is 0 Å². The van der Waals surface area contributed by atoms with Crippen LogP contribution in [0.5, 0.6) is 0 Å².